The second-order valence-electron chi connectivity index (χ2n) is 2.56. The molecule has 0 saturated heterocycles. The van der Waals surface area contributed by atoms with Crippen LogP contribution in [0.3, 0.4) is 0 Å². The predicted octanol–water partition coefficient (Wildman–Crippen LogP) is 0.847. The lowest BCUT2D eigenvalue weighted by Gasteiger charge is -2.06. The highest BCUT2D eigenvalue weighted by Gasteiger charge is 2.12. The fourth-order valence-corrected chi connectivity index (χ4v) is 1.04. The van der Waals surface area contributed by atoms with Crippen molar-refractivity contribution < 1.29 is 14.6 Å². The molecule has 0 radical (unpaired) electrons. The van der Waals surface area contributed by atoms with Crippen LogP contribution in [0.5, 0.6) is 5.75 Å². The van der Waals surface area contributed by atoms with Crippen LogP contribution in [0.1, 0.15) is 15.9 Å². The fourth-order valence-electron chi connectivity index (χ4n) is 1.04. The number of methoxy groups -OCH3 is 1. The summed E-state index contributed by atoms with van der Waals surface area (Å²) < 4.78 is 4.86. The van der Waals surface area contributed by atoms with E-state index in [1.807, 2.05) is 6.07 Å². The highest BCUT2D eigenvalue weighted by atomic mass is 16.5. The molecule has 0 amide bonds. The first-order valence-corrected chi connectivity index (χ1v) is 3.71. The molecule has 0 aliphatic carbocycles. The number of carboxylic acid groups (broad SMARTS) is 1. The van der Waals surface area contributed by atoms with Crippen LogP contribution in [-0.2, 0) is 0 Å². The van der Waals surface area contributed by atoms with Crippen LogP contribution in [0, 0.1) is 11.3 Å². The summed E-state index contributed by atoms with van der Waals surface area (Å²) in [5.74, 6) is -0.892. The molecule has 0 heterocycles. The van der Waals surface area contributed by atoms with Crippen molar-refractivity contribution in [3.63, 3.8) is 0 Å². The molecule has 14 heavy (non-hydrogen) atoms. The SMILES string of the molecule is COc1cc(N)c(C(=O)O)cc1C#N. The lowest BCUT2D eigenvalue weighted by atomic mass is 10.1. The normalized spacial score (nSPS) is 9.14. The molecular formula is C9H8N2O3. The summed E-state index contributed by atoms with van der Waals surface area (Å²) in [5, 5.41) is 17.4. The van der Waals surface area contributed by atoms with Gasteiger partial charge in [-0.2, -0.15) is 5.26 Å². The second kappa shape index (κ2) is 3.66. The topological polar surface area (TPSA) is 96.3 Å². The molecular weight excluding hydrogens is 184 g/mol. The zero-order valence-electron chi connectivity index (χ0n) is 7.44. The van der Waals surface area contributed by atoms with E-state index in [1.54, 1.807) is 0 Å². The van der Waals surface area contributed by atoms with Gasteiger partial charge in [0.15, 0.2) is 0 Å². The molecule has 0 atom stereocenters. The molecule has 1 aromatic carbocycles. The molecule has 0 aliphatic heterocycles. The van der Waals surface area contributed by atoms with E-state index in [4.69, 9.17) is 20.8 Å². The number of nitrogen functional groups attached to an aromatic ring is 1. The molecule has 0 spiro atoms. The lowest BCUT2D eigenvalue weighted by molar-refractivity contribution is 0.0698. The average Bonchev–Trinajstić information content (AvgIpc) is 2.16. The van der Waals surface area contributed by atoms with Gasteiger partial charge in [-0.1, -0.05) is 0 Å². The van der Waals surface area contributed by atoms with Crippen molar-refractivity contribution in [1.29, 1.82) is 5.26 Å². The Morgan fingerprint density at radius 1 is 1.64 bits per heavy atom. The number of rotatable bonds is 2. The molecule has 1 aromatic rings. The predicted molar refractivity (Wildman–Crippen MR) is 49.1 cm³/mol. The van der Waals surface area contributed by atoms with E-state index < -0.39 is 5.97 Å². The van der Waals surface area contributed by atoms with Gasteiger partial charge in [0.25, 0.3) is 0 Å². The van der Waals surface area contributed by atoms with E-state index in [-0.39, 0.29) is 22.6 Å². The number of nitrogens with two attached hydrogens (primary N) is 1. The Morgan fingerprint density at radius 2 is 2.29 bits per heavy atom. The molecule has 0 bridgehead atoms. The van der Waals surface area contributed by atoms with Gasteiger partial charge in [0.05, 0.1) is 18.2 Å². The quantitative estimate of drug-likeness (QED) is 0.677. The number of ether oxygens (including phenoxy) is 1. The van der Waals surface area contributed by atoms with E-state index in [1.165, 1.54) is 19.2 Å². The van der Waals surface area contributed by atoms with Gasteiger partial charge in [-0.25, -0.2) is 4.79 Å². The maximum absolute atomic E-state index is 10.7. The first kappa shape index (κ1) is 9.86. The van der Waals surface area contributed by atoms with E-state index in [9.17, 15) is 4.79 Å². The summed E-state index contributed by atoms with van der Waals surface area (Å²) in [6, 6.07) is 4.34. The molecule has 0 unspecified atom stereocenters. The van der Waals surface area contributed by atoms with E-state index in [2.05, 4.69) is 0 Å². The van der Waals surface area contributed by atoms with Crippen LogP contribution in [0.4, 0.5) is 5.69 Å². The molecule has 0 aromatic heterocycles. The number of benzene rings is 1. The Labute approximate surface area is 80.3 Å². The molecule has 0 aliphatic rings. The Hall–Kier alpha value is -2.22. The number of nitriles is 1. The zero-order chi connectivity index (χ0) is 10.7. The summed E-state index contributed by atoms with van der Waals surface area (Å²) in [5.41, 5.74) is 5.59. The highest BCUT2D eigenvalue weighted by Crippen LogP contribution is 2.24. The third-order valence-corrected chi connectivity index (χ3v) is 1.72. The van der Waals surface area contributed by atoms with Crippen LogP contribution in [-0.4, -0.2) is 18.2 Å². The van der Waals surface area contributed by atoms with Crippen LogP contribution >= 0.6 is 0 Å². The molecule has 0 fully saturated rings. The standard InChI is InChI=1S/C9H8N2O3/c1-14-8-3-7(11)6(9(12)13)2-5(8)4-10/h2-3H,11H2,1H3,(H,12,13). The summed E-state index contributed by atoms with van der Waals surface area (Å²) in [6.07, 6.45) is 0. The summed E-state index contributed by atoms with van der Waals surface area (Å²) in [4.78, 5) is 10.7. The Bertz CT molecular complexity index is 421. The highest BCUT2D eigenvalue weighted by molar-refractivity contribution is 5.94. The molecule has 5 nitrogen and oxygen atoms in total. The van der Waals surface area contributed by atoms with Gasteiger partial charge in [0, 0.05) is 11.8 Å². The van der Waals surface area contributed by atoms with Gasteiger partial charge in [-0.3, -0.25) is 0 Å². The van der Waals surface area contributed by atoms with Crippen molar-refractivity contribution in [3.8, 4) is 11.8 Å². The third-order valence-electron chi connectivity index (χ3n) is 1.72. The largest absolute Gasteiger partial charge is 0.495 e. The zero-order valence-corrected chi connectivity index (χ0v) is 7.44. The Morgan fingerprint density at radius 3 is 2.71 bits per heavy atom. The van der Waals surface area contributed by atoms with Crippen LogP contribution in [0.2, 0.25) is 0 Å². The van der Waals surface area contributed by atoms with Crippen molar-refractivity contribution in [1.82, 2.24) is 0 Å². The van der Waals surface area contributed by atoms with Crippen LogP contribution in [0.15, 0.2) is 12.1 Å². The van der Waals surface area contributed by atoms with Gasteiger partial charge >= 0.3 is 5.97 Å². The lowest BCUT2D eigenvalue weighted by Crippen LogP contribution is -2.04. The number of hydrogen-bond donors (Lipinski definition) is 2. The molecule has 5 heteroatoms. The minimum Gasteiger partial charge on any atom is -0.495 e. The molecule has 0 saturated carbocycles. The van der Waals surface area contributed by atoms with Gasteiger partial charge < -0.3 is 15.6 Å². The maximum Gasteiger partial charge on any atom is 0.337 e. The number of nitrogens with zero attached hydrogens (tertiary/aromatic N) is 1. The van der Waals surface area contributed by atoms with Crippen molar-refractivity contribution >= 4 is 11.7 Å². The minimum atomic E-state index is -1.17. The number of anilines is 1. The molecule has 72 valence electrons. The molecule has 3 N–H and O–H groups in total. The Kier molecular flexibility index (Phi) is 2.58. The molecule has 1 rings (SSSR count). The Balaban J connectivity index is 3.40. The van der Waals surface area contributed by atoms with Crippen molar-refractivity contribution in [2.24, 2.45) is 0 Å². The van der Waals surface area contributed by atoms with Crippen molar-refractivity contribution in [2.75, 3.05) is 12.8 Å². The van der Waals surface area contributed by atoms with Gasteiger partial charge in [-0.05, 0) is 6.07 Å². The van der Waals surface area contributed by atoms with Crippen LogP contribution in [0.25, 0.3) is 0 Å². The number of hydrogen-bond acceptors (Lipinski definition) is 4. The van der Waals surface area contributed by atoms with E-state index in [0.29, 0.717) is 0 Å². The van der Waals surface area contributed by atoms with E-state index in [0.717, 1.165) is 0 Å². The van der Waals surface area contributed by atoms with Crippen LogP contribution < -0.4 is 10.5 Å². The number of carboxylic acids is 1. The van der Waals surface area contributed by atoms with Gasteiger partial charge in [0.2, 0.25) is 0 Å². The smallest absolute Gasteiger partial charge is 0.337 e. The average molecular weight is 192 g/mol. The summed E-state index contributed by atoms with van der Waals surface area (Å²) >= 11 is 0. The maximum atomic E-state index is 10.7. The van der Waals surface area contributed by atoms with Crippen molar-refractivity contribution in [3.05, 3.63) is 23.3 Å². The number of aromatic carboxylic acids is 1. The first-order chi connectivity index (χ1) is 6.60. The van der Waals surface area contributed by atoms with Gasteiger partial charge in [0.1, 0.15) is 11.8 Å². The summed E-state index contributed by atoms with van der Waals surface area (Å²) in [7, 11) is 1.38. The monoisotopic (exact) mass is 192 g/mol. The summed E-state index contributed by atoms with van der Waals surface area (Å²) in [6.45, 7) is 0. The third kappa shape index (κ3) is 1.59. The first-order valence-electron chi connectivity index (χ1n) is 3.71. The van der Waals surface area contributed by atoms with Gasteiger partial charge in [-0.15, -0.1) is 0 Å². The fraction of sp³-hybridized carbons (Fsp3) is 0.111. The van der Waals surface area contributed by atoms with Crippen molar-refractivity contribution in [2.45, 2.75) is 0 Å². The van der Waals surface area contributed by atoms with E-state index >= 15 is 0 Å². The second-order valence-corrected chi connectivity index (χ2v) is 2.56. The minimum absolute atomic E-state index is 0.0772. The number of carbonyl (C=O) groups is 1.